The molecule has 1 aliphatic heterocycles. The average Bonchev–Trinajstić information content (AvgIpc) is 3.15. The van der Waals surface area contributed by atoms with Crippen molar-refractivity contribution in [3.63, 3.8) is 0 Å². The van der Waals surface area contributed by atoms with E-state index in [-0.39, 0.29) is 36.9 Å². The molecule has 0 atom stereocenters. The van der Waals surface area contributed by atoms with Crippen LogP contribution in [0, 0.1) is 6.92 Å². The Morgan fingerprint density at radius 3 is 2.42 bits per heavy atom. The summed E-state index contributed by atoms with van der Waals surface area (Å²) in [5.41, 5.74) is 5.51. The van der Waals surface area contributed by atoms with E-state index >= 15 is 0 Å². The summed E-state index contributed by atoms with van der Waals surface area (Å²) in [6.07, 6.45) is 0.642. The molecule has 11 nitrogen and oxygen atoms in total. The van der Waals surface area contributed by atoms with E-state index in [2.05, 4.69) is 21.7 Å². The van der Waals surface area contributed by atoms with Crippen molar-refractivity contribution >= 4 is 55.7 Å². The average molecular weight is 742 g/mol. The molecule has 13 heteroatoms. The molecule has 0 fully saturated rings. The molecule has 0 spiro atoms. The Bertz CT molecular complexity index is 2210. The first-order chi connectivity index (χ1) is 25.0. The maximum atomic E-state index is 13.9. The Kier molecular flexibility index (Phi) is 11.3. The van der Waals surface area contributed by atoms with Gasteiger partial charge in [-0.3, -0.25) is 14.6 Å². The van der Waals surface area contributed by atoms with Gasteiger partial charge in [-0.2, -0.15) is 4.31 Å². The highest BCUT2D eigenvalue weighted by Crippen LogP contribution is 2.29. The fourth-order valence-corrected chi connectivity index (χ4v) is 7.87. The Morgan fingerprint density at radius 2 is 1.67 bits per heavy atom. The van der Waals surface area contributed by atoms with Crippen molar-refractivity contribution in [3.8, 4) is 11.5 Å². The first kappa shape index (κ1) is 36.6. The number of carbonyl (C=O) groups excluding carboxylic acids is 2. The van der Waals surface area contributed by atoms with Crippen molar-refractivity contribution in [3.05, 3.63) is 118 Å². The van der Waals surface area contributed by atoms with Crippen LogP contribution in [-0.2, 0) is 27.8 Å². The van der Waals surface area contributed by atoms with Crippen LogP contribution < -0.4 is 20.1 Å². The number of aromatic nitrogens is 1. The molecule has 0 aliphatic carbocycles. The first-order valence-electron chi connectivity index (χ1n) is 16.8. The minimum absolute atomic E-state index is 0.0617. The normalized spacial score (nSPS) is 12.8. The number of aryl methyl sites for hydroxylation is 1. The predicted molar refractivity (Wildman–Crippen MR) is 203 cm³/mol. The van der Waals surface area contributed by atoms with E-state index < -0.39 is 15.9 Å². The van der Waals surface area contributed by atoms with Crippen LogP contribution in [0.2, 0.25) is 5.02 Å². The summed E-state index contributed by atoms with van der Waals surface area (Å²) in [7, 11) is -1.03. The van der Waals surface area contributed by atoms with E-state index in [1.54, 1.807) is 41.3 Å². The molecule has 2 heterocycles. The molecule has 4 aromatic carbocycles. The topological polar surface area (TPSA) is 130 Å². The highest BCUT2D eigenvalue weighted by Gasteiger charge is 2.26. The van der Waals surface area contributed by atoms with Gasteiger partial charge in [0, 0.05) is 66.5 Å². The lowest BCUT2D eigenvalue weighted by Gasteiger charge is -2.29. The third kappa shape index (κ3) is 8.31. The third-order valence-electron chi connectivity index (χ3n) is 9.00. The van der Waals surface area contributed by atoms with E-state index in [1.807, 2.05) is 43.3 Å². The SMILES string of the molecule is COc1ccc(S(=O)(=O)N(CCNc2cc(C)nc3ccc(Cl)cc23)CCC(=O)Nc2ccc(C(=O)N3CCc4ccccc4C3)cc2OC)cc1. The lowest BCUT2D eigenvalue weighted by Crippen LogP contribution is -2.37. The summed E-state index contributed by atoms with van der Waals surface area (Å²) in [5, 5.41) is 7.54. The second-order valence-electron chi connectivity index (χ2n) is 12.4. The Hall–Kier alpha value is -5.17. The molecule has 0 saturated heterocycles. The van der Waals surface area contributed by atoms with Crippen LogP contribution >= 0.6 is 11.6 Å². The molecule has 2 amide bonds. The Labute approximate surface area is 308 Å². The maximum Gasteiger partial charge on any atom is 0.254 e. The number of nitrogens with zero attached hydrogens (tertiary/aromatic N) is 3. The van der Waals surface area contributed by atoms with Crippen molar-refractivity contribution in [1.82, 2.24) is 14.2 Å². The van der Waals surface area contributed by atoms with Crippen molar-refractivity contribution < 1.29 is 27.5 Å². The minimum Gasteiger partial charge on any atom is -0.497 e. The summed E-state index contributed by atoms with van der Waals surface area (Å²) >= 11 is 6.27. The molecule has 5 aromatic rings. The van der Waals surface area contributed by atoms with E-state index in [0.717, 1.165) is 34.3 Å². The zero-order valence-electron chi connectivity index (χ0n) is 29.2. The molecular formula is C39H40ClN5O6S. The number of carbonyl (C=O) groups is 2. The van der Waals surface area contributed by atoms with Gasteiger partial charge in [0.05, 0.1) is 30.3 Å². The van der Waals surface area contributed by atoms with Gasteiger partial charge in [-0.1, -0.05) is 35.9 Å². The third-order valence-corrected chi connectivity index (χ3v) is 11.1. The van der Waals surface area contributed by atoms with Gasteiger partial charge in [0.15, 0.2) is 0 Å². The van der Waals surface area contributed by atoms with Crippen molar-refractivity contribution in [2.45, 2.75) is 31.2 Å². The predicted octanol–water partition coefficient (Wildman–Crippen LogP) is 6.54. The van der Waals surface area contributed by atoms with Crippen LogP contribution in [0.25, 0.3) is 10.9 Å². The number of methoxy groups -OCH3 is 2. The number of sulfonamides is 1. The van der Waals surface area contributed by atoms with Crippen LogP contribution in [0.1, 0.15) is 33.6 Å². The molecule has 2 N–H and O–H groups in total. The summed E-state index contributed by atoms with van der Waals surface area (Å²) < 4.78 is 39.8. The number of anilines is 2. The van der Waals surface area contributed by atoms with Gasteiger partial charge in [-0.05, 0) is 91.2 Å². The molecule has 52 heavy (non-hydrogen) atoms. The standard InChI is InChI=1S/C39H40ClN5O6S/c1-26-22-36(33-24-30(40)9-15-34(33)42-26)41-18-21-45(52(48,49)32-12-10-31(50-2)11-13-32)20-17-38(46)43-35-14-8-28(23-37(35)51-3)39(47)44-19-16-27-6-4-5-7-29(27)25-44/h4-15,22-24H,16-21,25H2,1-3H3,(H,41,42)(H,43,46). The van der Waals surface area contributed by atoms with Crippen LogP contribution in [0.3, 0.4) is 0 Å². The number of hydrogen-bond acceptors (Lipinski definition) is 8. The molecule has 1 aromatic heterocycles. The molecule has 0 bridgehead atoms. The van der Waals surface area contributed by atoms with E-state index in [0.29, 0.717) is 40.9 Å². The second kappa shape index (κ2) is 16.0. The first-order valence-corrected chi connectivity index (χ1v) is 18.7. The van der Waals surface area contributed by atoms with Crippen molar-refractivity contribution in [2.24, 2.45) is 0 Å². The van der Waals surface area contributed by atoms with Crippen molar-refractivity contribution in [2.75, 3.05) is 51.0 Å². The second-order valence-corrected chi connectivity index (χ2v) is 14.8. The fourth-order valence-electron chi connectivity index (χ4n) is 6.26. The molecule has 6 rings (SSSR count). The summed E-state index contributed by atoms with van der Waals surface area (Å²) in [4.78, 5) is 33.2. The zero-order chi connectivity index (χ0) is 36.8. The number of fused-ring (bicyclic) bond motifs is 2. The van der Waals surface area contributed by atoms with E-state index in [1.165, 1.54) is 36.2 Å². The molecule has 1 aliphatic rings. The lowest BCUT2D eigenvalue weighted by molar-refractivity contribution is -0.116. The number of rotatable bonds is 13. The van der Waals surface area contributed by atoms with Gasteiger partial charge in [-0.25, -0.2) is 8.42 Å². The fraction of sp³-hybridized carbons (Fsp3) is 0.256. The highest BCUT2D eigenvalue weighted by atomic mass is 35.5. The van der Waals surface area contributed by atoms with Gasteiger partial charge in [0.25, 0.3) is 5.91 Å². The number of amides is 2. The number of benzene rings is 4. The van der Waals surface area contributed by atoms with Crippen LogP contribution in [0.15, 0.2) is 95.9 Å². The number of pyridine rings is 1. The zero-order valence-corrected chi connectivity index (χ0v) is 30.8. The smallest absolute Gasteiger partial charge is 0.254 e. The van der Waals surface area contributed by atoms with Gasteiger partial charge in [0.2, 0.25) is 15.9 Å². The monoisotopic (exact) mass is 741 g/mol. The number of halogens is 1. The number of hydrogen-bond donors (Lipinski definition) is 2. The van der Waals surface area contributed by atoms with Crippen LogP contribution in [0.5, 0.6) is 11.5 Å². The van der Waals surface area contributed by atoms with Gasteiger partial charge in [0.1, 0.15) is 11.5 Å². The summed E-state index contributed by atoms with van der Waals surface area (Å²) in [6, 6.07) is 26.4. The number of nitrogens with one attached hydrogen (secondary N) is 2. The lowest BCUT2D eigenvalue weighted by atomic mass is 9.99. The molecule has 270 valence electrons. The number of ether oxygens (including phenoxy) is 2. The Balaban J connectivity index is 1.15. The van der Waals surface area contributed by atoms with E-state index in [4.69, 9.17) is 21.1 Å². The minimum atomic E-state index is -4.01. The summed E-state index contributed by atoms with van der Waals surface area (Å²) in [6.45, 7) is 3.22. The van der Waals surface area contributed by atoms with Crippen LogP contribution in [0.4, 0.5) is 11.4 Å². The largest absolute Gasteiger partial charge is 0.497 e. The van der Waals surface area contributed by atoms with Gasteiger partial charge in [-0.15, -0.1) is 0 Å². The maximum absolute atomic E-state index is 13.9. The molecule has 0 saturated carbocycles. The summed E-state index contributed by atoms with van der Waals surface area (Å²) in [5.74, 6) is 0.298. The van der Waals surface area contributed by atoms with Crippen LogP contribution in [-0.4, -0.2) is 74.8 Å². The molecular weight excluding hydrogens is 702 g/mol. The van der Waals surface area contributed by atoms with Gasteiger partial charge < -0.3 is 25.0 Å². The highest BCUT2D eigenvalue weighted by molar-refractivity contribution is 7.89. The van der Waals surface area contributed by atoms with E-state index in [9.17, 15) is 18.0 Å². The van der Waals surface area contributed by atoms with Crippen molar-refractivity contribution in [1.29, 1.82) is 0 Å². The molecule has 0 radical (unpaired) electrons. The molecule has 0 unspecified atom stereocenters. The van der Waals surface area contributed by atoms with Gasteiger partial charge >= 0.3 is 0 Å². The Morgan fingerprint density at radius 1 is 0.904 bits per heavy atom. The quantitative estimate of drug-likeness (QED) is 0.139.